The summed E-state index contributed by atoms with van der Waals surface area (Å²) >= 11 is 2.83. The molecule has 37 heteroatoms. The minimum Gasteiger partial charge on any atom is -0.444 e. The first-order chi connectivity index (χ1) is 64.4. The Bertz CT molecular complexity index is 5650. The molecule has 10 unspecified atom stereocenters. The maximum Gasteiger partial charge on any atom is 0.408 e. The quantitative estimate of drug-likeness (QED) is 0.0289. The molecule has 0 bridgehead atoms. The van der Waals surface area contributed by atoms with E-state index in [9.17, 15) is 134 Å². The molecular weight excluding hydrogens is 1890 g/mol. The monoisotopic (exact) mass is 2000 g/mol. The lowest BCUT2D eigenvalue weighted by atomic mass is 9.74. The van der Waals surface area contributed by atoms with E-state index in [0.29, 0.717) is 82.6 Å². The van der Waals surface area contributed by atoms with Gasteiger partial charge in [-0.25, -0.2) is 79.8 Å². The average Bonchev–Trinajstić information content (AvgIpc) is 0.759. The summed E-state index contributed by atoms with van der Waals surface area (Å²) in [6.07, 6.45) is 7.92. The Morgan fingerprint density at radius 1 is 0.380 bits per heavy atom. The number of aliphatic hydroxyl groups is 3. The summed E-state index contributed by atoms with van der Waals surface area (Å²) in [6.45, 7) is 9.97. The number of aliphatic hydroxyl groups excluding tert-OH is 3. The number of Topliss-reactive ketones (excluding diaryl/α,β-unsaturated/α-hetero) is 6. The molecule has 8 aromatic rings. The number of halogens is 17. The molecule has 15 rings (SSSR count). The highest BCUT2D eigenvalue weighted by Crippen LogP contribution is 2.44. The molecule has 2 amide bonds. The molecule has 0 spiro atoms. The van der Waals surface area contributed by atoms with Gasteiger partial charge in [-0.15, -0.1) is 0 Å². The molecule has 7 saturated carbocycles. The number of carbonyl (C=O) groups is 8. The van der Waals surface area contributed by atoms with E-state index in [1.807, 2.05) is 0 Å². The molecule has 9 N–H and O–H groups in total. The minimum absolute atomic E-state index is 0.0165. The molecular formula is C100H108BrF16N5O15. The van der Waals surface area contributed by atoms with Crippen LogP contribution < -0.4 is 22.1 Å². The molecule has 137 heavy (non-hydrogen) atoms. The van der Waals surface area contributed by atoms with Crippen molar-refractivity contribution in [2.75, 3.05) is 0 Å². The van der Waals surface area contributed by atoms with Crippen molar-refractivity contribution in [1.82, 2.24) is 10.6 Å². The number of hydrogen-bond donors (Lipinski definition) is 7. The van der Waals surface area contributed by atoms with Crippen molar-refractivity contribution in [1.29, 1.82) is 0 Å². The van der Waals surface area contributed by atoms with E-state index in [0.717, 1.165) is 99.5 Å². The molecule has 8 aromatic carbocycles. The van der Waals surface area contributed by atoms with Gasteiger partial charge in [0.05, 0.1) is 16.1 Å². The van der Waals surface area contributed by atoms with Crippen LogP contribution in [0, 0.1) is 103 Å². The smallest absolute Gasteiger partial charge is 0.408 e. The molecule has 742 valence electrons. The largest absolute Gasteiger partial charge is 0.444 e. The third kappa shape index (κ3) is 27.3. The number of hydrogen-bond acceptors (Lipinski definition) is 17. The highest BCUT2D eigenvalue weighted by molar-refractivity contribution is 9.10. The number of benzene rings is 8. The van der Waals surface area contributed by atoms with Crippen LogP contribution in [-0.4, -0.2) is 96.6 Å². The van der Waals surface area contributed by atoms with Crippen molar-refractivity contribution in [3.63, 3.8) is 0 Å². The topological polar surface area (TPSA) is 335 Å². The number of nitrogens with one attached hydrogen (secondary N) is 2. The summed E-state index contributed by atoms with van der Waals surface area (Å²) in [7, 11) is 0. The summed E-state index contributed by atoms with van der Waals surface area (Å²) < 4.78 is 224. The first-order valence-electron chi connectivity index (χ1n) is 44.6. The summed E-state index contributed by atoms with van der Waals surface area (Å²) in [4.78, 5) is 107. The van der Waals surface area contributed by atoms with Crippen molar-refractivity contribution in [3.05, 3.63) is 292 Å². The van der Waals surface area contributed by atoms with Crippen molar-refractivity contribution in [2.45, 2.75) is 278 Å². The fourth-order valence-corrected chi connectivity index (χ4v) is 17.7. The van der Waals surface area contributed by atoms with E-state index in [1.165, 1.54) is 84.9 Å². The maximum atomic E-state index is 14.3. The number of nitro groups is 1. The summed E-state index contributed by atoms with van der Waals surface area (Å²) in [5.41, 5.74) is 1.13. The summed E-state index contributed by atoms with van der Waals surface area (Å²) in [5, 5.41) is 45.3. The number of nitrogens with two attached hydrogens (primary N) is 2. The van der Waals surface area contributed by atoms with Gasteiger partial charge in [-0.2, -0.15) is 0 Å². The zero-order valence-corrected chi connectivity index (χ0v) is 77.5. The average molecular weight is 2000 g/mol. The molecule has 20 nitrogen and oxygen atoms in total. The van der Waals surface area contributed by atoms with Crippen molar-refractivity contribution < 1.29 is 138 Å². The van der Waals surface area contributed by atoms with Crippen LogP contribution in [0.25, 0.3) is 0 Å². The summed E-state index contributed by atoms with van der Waals surface area (Å²) in [6, 6.07) is 29.7. The van der Waals surface area contributed by atoms with Gasteiger partial charge in [0.25, 0.3) is 0 Å². The van der Waals surface area contributed by atoms with Gasteiger partial charge in [0, 0.05) is 76.7 Å². The Labute approximate surface area is 789 Å². The maximum absolute atomic E-state index is 14.3. The third-order valence-corrected chi connectivity index (χ3v) is 25.0. The van der Waals surface area contributed by atoms with E-state index in [2.05, 4.69) is 26.6 Å². The lowest BCUT2D eigenvalue weighted by Gasteiger charge is -2.39. The molecule has 7 fully saturated rings. The number of ether oxygens (including phenoxy) is 2. The zero-order valence-electron chi connectivity index (χ0n) is 75.9. The van der Waals surface area contributed by atoms with Crippen LogP contribution in [0.1, 0.15) is 259 Å². The Balaban J connectivity index is 0.000000194. The first-order valence-corrected chi connectivity index (χ1v) is 45.3. The van der Waals surface area contributed by atoms with Crippen molar-refractivity contribution in [2.24, 2.45) is 11.5 Å². The van der Waals surface area contributed by atoms with Gasteiger partial charge in [0.15, 0.2) is 116 Å². The van der Waals surface area contributed by atoms with Crippen LogP contribution in [-0.2, 0) is 65.9 Å². The van der Waals surface area contributed by atoms with E-state index in [-0.39, 0.29) is 101 Å². The van der Waals surface area contributed by atoms with Gasteiger partial charge >= 0.3 is 17.7 Å². The van der Waals surface area contributed by atoms with Crippen LogP contribution in [0.4, 0.5) is 79.8 Å². The van der Waals surface area contributed by atoms with Crippen LogP contribution in [0.2, 0.25) is 0 Å². The van der Waals surface area contributed by atoms with E-state index in [1.54, 1.807) is 47.6 Å². The SMILES string of the molecule is CC(C)(C)OC(=O)NC1(c2cccc(F)c2F)CCCC(O)C1=O.CC(C)(C)OC(=O)NC1(c2cccc(F)c2F)CCCCC1=O.Fc1cccc(Br)c1F.NC1(c2cccc(F)c2F)CCCC(O)C1=O.NC1(c2cccc(F)c2F)CCCCC1=O.O=C1CCCCC1(c1cccc(F)c1F)[N+](=O)[O-].O=C1CCCCC1c1cccc(F)c1F.OC1CCCCC1c1cccc(F)c1F. The van der Waals surface area contributed by atoms with Gasteiger partial charge in [-0.05, 0) is 233 Å². The van der Waals surface area contributed by atoms with Crippen molar-refractivity contribution >= 4 is 62.8 Å². The van der Waals surface area contributed by atoms with E-state index in [4.69, 9.17) is 20.9 Å². The fourth-order valence-electron chi connectivity index (χ4n) is 17.4. The number of ketones is 6. The summed E-state index contributed by atoms with van der Waals surface area (Å²) in [5.74, 6) is -19.4. The lowest BCUT2D eigenvalue weighted by Crippen LogP contribution is -2.58. The van der Waals surface area contributed by atoms with Gasteiger partial charge in [0.2, 0.25) is 5.78 Å². The molecule has 0 aromatic heterocycles. The minimum atomic E-state index is -2.12. The predicted molar refractivity (Wildman–Crippen MR) is 475 cm³/mol. The third-order valence-electron chi connectivity index (χ3n) is 24.4. The number of carbonyl (C=O) groups excluding carboxylic acids is 8. The molecule has 0 heterocycles. The molecule has 0 radical (unpaired) electrons. The standard InChI is InChI=1S/C17H21F2NO4.C17H21F2NO3.C12H11F2NO3.C12H13F2NO2.C12H13F2NO.C12H14F2O.C12H12F2O.C6H3BrF2/c1-16(2,3)24-15(23)20-17(9-5-8-12(21)14(17)22)10-6-4-7-11(18)13(10)19;1-16(2,3)23-15(22)20-17(10-5-4-9-13(17)21)11-7-6-8-12(18)14(11)19;13-9-5-3-4-8(11(9)14)12(15(17)18)7-2-1-6-10(12)16;13-8-4-1-3-7(10(8)14)12(15)6-2-5-9(16)11(12)17;13-9-5-3-4-8(11(9)14)12(15)7-2-1-6-10(12)16;2*13-10-6-3-5-9(12(10)14)8-4-1-2-7-11(8)15;7-4-2-1-3-5(8)6(4)9/h4,6-7,12,21H,5,8-9H2,1-3H3,(H,20,23);6-8H,4-5,9-10H2,1-3H3,(H,20,22);3-5H,1-2,6-7H2;1,3-4,9,16H,2,5-6,15H2;3-5H,1-2,6-7,15H2;3,5-6,8,11,15H,1-2,4,7H2;3,5-6,8H,1-2,4,7H2;1-3H. The second-order valence-corrected chi connectivity index (χ2v) is 37.0. The Morgan fingerprint density at radius 3 is 1.19 bits per heavy atom. The number of rotatable bonds is 10. The second-order valence-electron chi connectivity index (χ2n) is 36.1. The Kier molecular flexibility index (Phi) is 39.3. The molecule has 0 aliphatic heterocycles. The van der Waals surface area contributed by atoms with Crippen LogP contribution in [0.3, 0.4) is 0 Å². The van der Waals surface area contributed by atoms with Gasteiger partial charge < -0.3 is 46.9 Å². The predicted octanol–water partition coefficient (Wildman–Crippen LogP) is 21.6. The van der Waals surface area contributed by atoms with Crippen molar-refractivity contribution in [3.8, 4) is 0 Å². The van der Waals surface area contributed by atoms with E-state index >= 15 is 0 Å². The number of alkyl carbamates (subject to hydrolysis) is 2. The van der Waals surface area contributed by atoms with Crippen LogP contribution in [0.5, 0.6) is 0 Å². The highest BCUT2D eigenvalue weighted by atomic mass is 79.9. The normalized spacial score (nSPS) is 23.7. The number of nitrogens with zero attached hydrogens (tertiary/aromatic N) is 1. The lowest BCUT2D eigenvalue weighted by molar-refractivity contribution is -0.563. The Morgan fingerprint density at radius 2 is 0.730 bits per heavy atom. The molecule has 7 aliphatic carbocycles. The Hall–Kier alpha value is -11.1. The van der Waals surface area contributed by atoms with Gasteiger partial charge in [-0.1, -0.05) is 111 Å². The van der Waals surface area contributed by atoms with Gasteiger partial charge in [0.1, 0.15) is 51.3 Å². The molecule has 7 aliphatic rings. The van der Waals surface area contributed by atoms with E-state index < -0.39 is 196 Å². The zero-order chi connectivity index (χ0) is 102. The highest BCUT2D eigenvalue weighted by Gasteiger charge is 2.56. The fraction of sp³-hybridized carbons (Fsp3) is 0.440. The van der Waals surface area contributed by atoms with Crippen LogP contribution in [0.15, 0.2) is 150 Å². The number of amides is 2. The second kappa shape index (κ2) is 48.5. The molecule has 10 atom stereocenters. The van der Waals surface area contributed by atoms with Crippen LogP contribution >= 0.6 is 15.9 Å². The molecule has 0 saturated heterocycles. The van der Waals surface area contributed by atoms with Gasteiger partial charge in [-0.3, -0.25) is 38.9 Å². The first kappa shape index (κ1) is 111.